The van der Waals surface area contributed by atoms with Crippen LogP contribution in [0.25, 0.3) is 0 Å². The fraction of sp³-hybridized carbons (Fsp3) is 0.435. The first-order valence-electron chi connectivity index (χ1n) is 10.8. The van der Waals surface area contributed by atoms with E-state index in [0.29, 0.717) is 19.4 Å². The Kier molecular flexibility index (Phi) is 6.50. The summed E-state index contributed by atoms with van der Waals surface area (Å²) in [4.78, 5) is 41.5. The number of nitrogens with zero attached hydrogens (tertiary/aromatic N) is 2. The molecule has 2 saturated heterocycles. The number of benzene rings is 1. The van der Waals surface area contributed by atoms with Crippen molar-refractivity contribution in [3.05, 3.63) is 58.4 Å². The molecule has 3 aliphatic rings. The number of piperazine rings is 1. The summed E-state index contributed by atoms with van der Waals surface area (Å²) in [6.07, 6.45) is 3.02. The Bertz CT molecular complexity index is 1110. The van der Waals surface area contributed by atoms with Crippen molar-refractivity contribution in [1.82, 2.24) is 15.1 Å². The maximum atomic E-state index is 14.2. The van der Waals surface area contributed by atoms with E-state index in [1.807, 2.05) is 6.92 Å². The van der Waals surface area contributed by atoms with Gasteiger partial charge in [-0.2, -0.15) is 0 Å². The zero-order chi connectivity index (χ0) is 24.8. The summed E-state index contributed by atoms with van der Waals surface area (Å²) in [6.45, 7) is 4.81. The van der Waals surface area contributed by atoms with Gasteiger partial charge in [0.25, 0.3) is 11.8 Å². The molecule has 1 aromatic rings. The molecule has 3 fully saturated rings. The van der Waals surface area contributed by atoms with Gasteiger partial charge in [0.2, 0.25) is 0 Å². The average Bonchev–Trinajstić information content (AvgIpc) is 3.38. The number of nitrogens with one attached hydrogen (secondary N) is 1. The van der Waals surface area contributed by atoms with Gasteiger partial charge in [-0.3, -0.25) is 14.4 Å². The Balaban J connectivity index is 1.63. The Morgan fingerprint density at radius 2 is 2.15 bits per heavy atom. The highest BCUT2D eigenvalue weighted by molar-refractivity contribution is 6.31. The average molecular weight is 496 g/mol. The first kappa shape index (κ1) is 24.3. The van der Waals surface area contributed by atoms with Crippen molar-refractivity contribution in [2.75, 3.05) is 13.2 Å². The van der Waals surface area contributed by atoms with Crippen LogP contribution >= 0.6 is 11.6 Å². The van der Waals surface area contributed by atoms with Crippen LogP contribution in [0.5, 0.6) is 0 Å². The van der Waals surface area contributed by atoms with Crippen LogP contribution < -0.4 is 5.32 Å². The van der Waals surface area contributed by atoms with Gasteiger partial charge in [-0.15, -0.1) is 0 Å². The molecule has 1 aromatic carbocycles. The lowest BCUT2D eigenvalue weighted by Crippen LogP contribution is -2.63. The van der Waals surface area contributed by atoms with Crippen LogP contribution in [0.4, 0.5) is 8.78 Å². The molecule has 2 N–H and O–H groups in total. The fourth-order valence-corrected chi connectivity index (χ4v) is 5.13. The molecule has 0 radical (unpaired) electrons. The lowest BCUT2D eigenvalue weighted by Gasteiger charge is -2.48. The molecular weight excluding hydrogens is 472 g/mol. The summed E-state index contributed by atoms with van der Waals surface area (Å²) in [6, 6.07) is 1.71. The minimum absolute atomic E-state index is 0.0765. The van der Waals surface area contributed by atoms with Gasteiger partial charge in [0, 0.05) is 24.9 Å². The van der Waals surface area contributed by atoms with E-state index in [-0.39, 0.29) is 35.9 Å². The van der Waals surface area contributed by atoms with Gasteiger partial charge in [0.05, 0.1) is 17.8 Å². The predicted molar refractivity (Wildman–Crippen MR) is 117 cm³/mol. The fourth-order valence-electron chi connectivity index (χ4n) is 4.94. The molecule has 11 heteroatoms. The van der Waals surface area contributed by atoms with Crippen LogP contribution in [0.1, 0.15) is 31.7 Å². The third-order valence-electron chi connectivity index (χ3n) is 6.49. The smallest absolute Gasteiger partial charge is 0.272 e. The maximum absolute atomic E-state index is 14.2. The van der Waals surface area contributed by atoms with E-state index in [1.54, 1.807) is 4.90 Å². The number of ketones is 1. The van der Waals surface area contributed by atoms with Crippen LogP contribution in [0.3, 0.4) is 0 Å². The summed E-state index contributed by atoms with van der Waals surface area (Å²) in [5.41, 5.74) is -1.34. The number of hydrogen-bond donors (Lipinski definition) is 2. The van der Waals surface area contributed by atoms with Gasteiger partial charge in [-0.1, -0.05) is 24.2 Å². The Hall–Kier alpha value is -2.82. The Morgan fingerprint density at radius 1 is 1.41 bits per heavy atom. The summed E-state index contributed by atoms with van der Waals surface area (Å²) < 4.78 is 33.7. The number of ether oxygens (including phenoxy) is 1. The first-order chi connectivity index (χ1) is 16.1. The van der Waals surface area contributed by atoms with Crippen molar-refractivity contribution in [2.24, 2.45) is 0 Å². The summed E-state index contributed by atoms with van der Waals surface area (Å²) in [7, 11) is 0. The third-order valence-corrected chi connectivity index (χ3v) is 6.83. The van der Waals surface area contributed by atoms with Crippen molar-refractivity contribution < 1.29 is 33.0 Å². The van der Waals surface area contributed by atoms with E-state index >= 15 is 0 Å². The highest BCUT2D eigenvalue weighted by Gasteiger charge is 2.61. The highest BCUT2D eigenvalue weighted by atomic mass is 35.5. The normalized spacial score (nSPS) is 26.6. The number of aliphatic hydroxyl groups is 1. The van der Waals surface area contributed by atoms with E-state index in [2.05, 4.69) is 11.9 Å². The molecule has 1 saturated carbocycles. The molecule has 1 aliphatic carbocycles. The van der Waals surface area contributed by atoms with Gasteiger partial charge >= 0.3 is 0 Å². The number of rotatable bonds is 6. The second-order valence-corrected chi connectivity index (χ2v) is 8.97. The van der Waals surface area contributed by atoms with E-state index in [4.69, 9.17) is 16.3 Å². The van der Waals surface area contributed by atoms with Crippen LogP contribution in [0, 0.1) is 11.6 Å². The number of Topliss-reactive ketones (excluding diaryl/α,β-unsaturated/α-hetero) is 1. The molecule has 4 rings (SSSR count). The maximum Gasteiger partial charge on any atom is 0.272 e. The van der Waals surface area contributed by atoms with Gasteiger partial charge in [-0.25, -0.2) is 8.78 Å². The van der Waals surface area contributed by atoms with Crippen molar-refractivity contribution in [3.63, 3.8) is 0 Å². The number of hydrogen-bond acceptors (Lipinski definition) is 6. The van der Waals surface area contributed by atoms with Gasteiger partial charge in [0.1, 0.15) is 28.8 Å². The van der Waals surface area contributed by atoms with E-state index < -0.39 is 46.3 Å². The standard InChI is InChI=1S/C23H24ClF2N3O5/c1-12-9-29-22(33)13(2)28(18-4-3-7-23(18,29)34-12)10-15(17(31)11-30)21(32)27-8-14-5-6-16(25)19(24)20(14)26/h5-6,10,12,18,30H,2-4,7-9,11H2,1H3,(H,27,32)/b15-10+/t12-,18?,23-/m1/s1. The number of aliphatic hydroxyl groups excluding tert-OH is 1. The van der Waals surface area contributed by atoms with Gasteiger partial charge in [-0.05, 0) is 32.3 Å². The van der Waals surface area contributed by atoms with Gasteiger partial charge in [0.15, 0.2) is 11.5 Å². The number of amides is 2. The molecule has 2 amide bonds. The molecule has 0 bridgehead atoms. The predicted octanol–water partition coefficient (Wildman–Crippen LogP) is 2.01. The SMILES string of the molecule is C=C1C(=O)N2C[C@@H](C)O[C@@]23CCCC3N1/C=C(\C(=O)CO)C(=O)NCc1ccc(F)c(Cl)c1F. The summed E-state index contributed by atoms with van der Waals surface area (Å²) >= 11 is 5.57. The molecule has 34 heavy (non-hydrogen) atoms. The van der Waals surface area contributed by atoms with E-state index in [1.165, 1.54) is 11.1 Å². The van der Waals surface area contributed by atoms with E-state index in [0.717, 1.165) is 18.6 Å². The Morgan fingerprint density at radius 3 is 2.85 bits per heavy atom. The third kappa shape index (κ3) is 3.89. The molecular formula is C23H24ClF2N3O5. The second kappa shape index (κ2) is 9.09. The second-order valence-electron chi connectivity index (χ2n) is 8.59. The zero-order valence-electron chi connectivity index (χ0n) is 18.4. The summed E-state index contributed by atoms with van der Waals surface area (Å²) in [5.74, 6) is -4.14. The minimum atomic E-state index is -1.03. The molecule has 182 valence electrons. The minimum Gasteiger partial charge on any atom is -0.388 e. The number of carbonyl (C=O) groups is 3. The molecule has 1 unspecified atom stereocenters. The van der Waals surface area contributed by atoms with Crippen LogP contribution in [0.15, 0.2) is 36.2 Å². The highest BCUT2D eigenvalue weighted by Crippen LogP contribution is 2.48. The topological polar surface area (TPSA) is 99.2 Å². The quantitative estimate of drug-likeness (QED) is 0.271. The monoisotopic (exact) mass is 495 g/mol. The van der Waals surface area contributed by atoms with Crippen molar-refractivity contribution in [3.8, 4) is 0 Å². The van der Waals surface area contributed by atoms with E-state index in [9.17, 15) is 28.3 Å². The van der Waals surface area contributed by atoms with Crippen molar-refractivity contribution in [1.29, 1.82) is 0 Å². The number of halogens is 3. The van der Waals surface area contributed by atoms with Crippen molar-refractivity contribution in [2.45, 2.75) is 50.6 Å². The lowest BCUT2D eigenvalue weighted by molar-refractivity contribution is -0.169. The molecule has 1 spiro atoms. The largest absolute Gasteiger partial charge is 0.388 e. The zero-order valence-corrected chi connectivity index (χ0v) is 19.2. The first-order valence-corrected chi connectivity index (χ1v) is 11.2. The molecule has 3 atom stereocenters. The molecule has 2 heterocycles. The van der Waals surface area contributed by atoms with Crippen molar-refractivity contribution >= 4 is 29.2 Å². The van der Waals surface area contributed by atoms with Gasteiger partial charge < -0.3 is 25.0 Å². The van der Waals surface area contributed by atoms with Crippen LogP contribution in [-0.2, 0) is 25.7 Å². The number of carbonyl (C=O) groups excluding carboxylic acids is 3. The molecule has 8 nitrogen and oxygen atoms in total. The molecule has 2 aliphatic heterocycles. The lowest BCUT2D eigenvalue weighted by atomic mass is 9.98. The van der Waals surface area contributed by atoms with Crippen LogP contribution in [0.2, 0.25) is 5.02 Å². The summed E-state index contributed by atoms with van der Waals surface area (Å²) in [5, 5.41) is 11.1. The molecule has 0 aromatic heterocycles. The Labute approximate surface area is 199 Å². The van der Waals surface area contributed by atoms with Crippen LogP contribution in [-0.4, -0.2) is 63.5 Å².